The van der Waals surface area contributed by atoms with Crippen LogP contribution in [0.1, 0.15) is 0 Å². The fraction of sp³-hybridized carbons (Fsp3) is 0.500. The molecule has 1 heterocycles. The van der Waals surface area contributed by atoms with Crippen LogP contribution in [-0.2, 0) is 9.31 Å². The number of hydrogen-bond acceptors (Lipinski definition) is 7. The fourth-order valence-electron chi connectivity index (χ4n) is 2.29. The van der Waals surface area contributed by atoms with Gasteiger partial charge in [0.25, 0.3) is 0 Å². The normalized spacial score (nSPS) is 19.3. The van der Waals surface area contributed by atoms with Gasteiger partial charge >= 0.3 is 7.12 Å². The van der Waals surface area contributed by atoms with Crippen molar-refractivity contribution in [3.63, 3.8) is 0 Å². The number of para-hydroxylation sites is 1. The summed E-state index contributed by atoms with van der Waals surface area (Å²) in [5.74, 6) is -0.0889. The molecule has 1 saturated heterocycles. The second-order valence-corrected chi connectivity index (χ2v) is 4.75. The number of rotatable bonds is 5. The molecule has 0 atom stereocenters. The lowest BCUT2D eigenvalue weighted by Gasteiger charge is -2.39. The molecular formula is C12H21BO7Si. The molecule has 2 rings (SSSR count). The average Bonchev–Trinajstić information content (AvgIpc) is 2.83. The highest BCUT2D eigenvalue weighted by Crippen LogP contribution is 2.37. The summed E-state index contributed by atoms with van der Waals surface area (Å²) in [6.45, 7) is -2.63. The maximum Gasteiger partial charge on any atom is 0.498 e. The summed E-state index contributed by atoms with van der Waals surface area (Å²) in [6.07, 6.45) is 0. The molecule has 0 aliphatic carbocycles. The molecule has 0 radical (unpaired) electrons. The van der Waals surface area contributed by atoms with Crippen molar-refractivity contribution in [1.82, 2.24) is 0 Å². The molecule has 1 aliphatic heterocycles. The van der Waals surface area contributed by atoms with E-state index in [4.69, 9.17) is 9.31 Å². The maximum absolute atomic E-state index is 9.79. The van der Waals surface area contributed by atoms with Gasteiger partial charge in [0, 0.05) is 5.46 Å². The number of aliphatic hydroxyl groups excluding tert-OH is 4. The summed E-state index contributed by atoms with van der Waals surface area (Å²) in [4.78, 5) is 0. The topological polar surface area (TPSA) is 120 Å². The maximum atomic E-state index is 9.79. The van der Waals surface area contributed by atoms with Crippen molar-refractivity contribution in [3.05, 3.63) is 24.3 Å². The highest BCUT2D eigenvalue weighted by atomic mass is 28.1. The Morgan fingerprint density at radius 3 is 1.67 bits per heavy atom. The minimum atomic E-state index is -1.66. The zero-order valence-electron chi connectivity index (χ0n) is 10.8. The van der Waals surface area contributed by atoms with Gasteiger partial charge in [0.1, 0.15) is 17.0 Å². The van der Waals surface area contributed by atoms with Crippen LogP contribution in [0.25, 0.3) is 0 Å². The van der Waals surface area contributed by atoms with Crippen LogP contribution in [-0.4, -0.2) is 81.2 Å². The van der Waals surface area contributed by atoms with Crippen molar-refractivity contribution in [1.29, 1.82) is 0 Å². The van der Waals surface area contributed by atoms with Crippen molar-refractivity contribution in [2.45, 2.75) is 11.2 Å². The van der Waals surface area contributed by atoms with Crippen molar-refractivity contribution < 1.29 is 34.8 Å². The Bertz CT molecular complexity index is 445. The first-order valence-electron chi connectivity index (χ1n) is 6.15. The molecule has 7 nitrogen and oxygen atoms in total. The molecule has 1 fully saturated rings. The standard InChI is InChI=1S/C12H17BO7.H4Si/c14-5-11(6-15)12(7-16,8-17)20-13(19-11)9-3-1-2-4-10(9)18;/h1-4,14-18H,5-8H2;1H4. The van der Waals surface area contributed by atoms with Gasteiger partial charge in [0.05, 0.1) is 26.4 Å². The third-order valence-corrected chi connectivity index (χ3v) is 3.71. The van der Waals surface area contributed by atoms with Gasteiger partial charge in [-0.05, 0) is 17.0 Å². The third kappa shape index (κ3) is 2.73. The highest BCUT2D eigenvalue weighted by Gasteiger charge is 2.62. The minimum Gasteiger partial charge on any atom is -0.508 e. The number of aliphatic hydroxyl groups is 4. The SMILES string of the molecule is OCC1(CO)OB(c2ccccc2O)OC1(CO)CO.[SiH4]. The zero-order chi connectivity index (χ0) is 14.8. The van der Waals surface area contributed by atoms with E-state index < -0.39 is 44.7 Å². The van der Waals surface area contributed by atoms with E-state index in [1.165, 1.54) is 6.07 Å². The molecule has 0 amide bonds. The Hall–Kier alpha value is -0.938. The van der Waals surface area contributed by atoms with Crippen LogP contribution < -0.4 is 5.46 Å². The van der Waals surface area contributed by atoms with Gasteiger partial charge in [-0.2, -0.15) is 0 Å². The Kier molecular flexibility index (Phi) is 5.93. The summed E-state index contributed by atoms with van der Waals surface area (Å²) < 4.78 is 11.0. The predicted molar refractivity (Wildman–Crippen MR) is 80.8 cm³/mol. The van der Waals surface area contributed by atoms with Crippen LogP contribution in [0.5, 0.6) is 5.75 Å². The molecule has 118 valence electrons. The lowest BCUT2D eigenvalue weighted by Crippen LogP contribution is -2.61. The number of benzene rings is 1. The number of phenols is 1. The molecule has 1 aliphatic rings. The summed E-state index contributed by atoms with van der Waals surface area (Å²) in [5.41, 5.74) is -3.05. The van der Waals surface area contributed by atoms with Gasteiger partial charge < -0.3 is 34.8 Å². The van der Waals surface area contributed by atoms with Crippen molar-refractivity contribution >= 4 is 23.5 Å². The summed E-state index contributed by atoms with van der Waals surface area (Å²) in [6, 6.07) is 6.24. The molecular weight excluding hydrogens is 295 g/mol. The van der Waals surface area contributed by atoms with E-state index in [1.54, 1.807) is 18.2 Å². The van der Waals surface area contributed by atoms with Gasteiger partial charge in [-0.15, -0.1) is 0 Å². The second kappa shape index (κ2) is 6.88. The largest absolute Gasteiger partial charge is 0.508 e. The van der Waals surface area contributed by atoms with Crippen LogP contribution in [0.4, 0.5) is 0 Å². The molecule has 1 aromatic rings. The van der Waals surface area contributed by atoms with Gasteiger partial charge in [-0.1, -0.05) is 18.2 Å². The number of phenolic OH excluding ortho intramolecular Hbond substituents is 1. The van der Waals surface area contributed by atoms with E-state index in [-0.39, 0.29) is 22.2 Å². The molecule has 0 unspecified atom stereocenters. The molecule has 21 heavy (non-hydrogen) atoms. The van der Waals surface area contributed by atoms with Crippen LogP contribution in [0.3, 0.4) is 0 Å². The predicted octanol–water partition coefficient (Wildman–Crippen LogP) is -3.87. The Balaban J connectivity index is 0.00000220. The first-order valence-corrected chi connectivity index (χ1v) is 6.15. The molecule has 0 spiro atoms. The van der Waals surface area contributed by atoms with Crippen molar-refractivity contribution in [2.24, 2.45) is 0 Å². The lowest BCUT2D eigenvalue weighted by molar-refractivity contribution is -0.147. The van der Waals surface area contributed by atoms with E-state index in [9.17, 15) is 25.5 Å². The molecule has 5 N–H and O–H groups in total. The van der Waals surface area contributed by atoms with Crippen LogP contribution in [0.15, 0.2) is 24.3 Å². The van der Waals surface area contributed by atoms with Crippen LogP contribution in [0, 0.1) is 0 Å². The van der Waals surface area contributed by atoms with Gasteiger partial charge in [-0.3, -0.25) is 0 Å². The summed E-state index contributed by atoms with van der Waals surface area (Å²) in [7, 11) is -1.12. The molecule has 0 bridgehead atoms. The second-order valence-electron chi connectivity index (χ2n) is 4.75. The van der Waals surface area contributed by atoms with Crippen molar-refractivity contribution in [2.75, 3.05) is 26.4 Å². The highest BCUT2D eigenvalue weighted by molar-refractivity contribution is 6.63. The first kappa shape index (κ1) is 18.1. The van der Waals surface area contributed by atoms with E-state index in [2.05, 4.69) is 0 Å². The fourth-order valence-corrected chi connectivity index (χ4v) is 2.29. The van der Waals surface area contributed by atoms with Gasteiger partial charge in [-0.25, -0.2) is 0 Å². The Morgan fingerprint density at radius 2 is 1.29 bits per heavy atom. The monoisotopic (exact) mass is 316 g/mol. The van der Waals surface area contributed by atoms with Gasteiger partial charge in [0.2, 0.25) is 0 Å². The molecule has 1 aromatic carbocycles. The number of aromatic hydroxyl groups is 1. The van der Waals surface area contributed by atoms with Crippen molar-refractivity contribution in [3.8, 4) is 5.75 Å². The molecule has 9 heteroatoms. The first-order chi connectivity index (χ1) is 9.58. The average molecular weight is 316 g/mol. The molecule has 0 aromatic heterocycles. The Labute approximate surface area is 126 Å². The summed E-state index contributed by atoms with van der Waals surface area (Å²) >= 11 is 0. The summed E-state index contributed by atoms with van der Waals surface area (Å²) in [5, 5.41) is 47.8. The number of hydrogen-bond donors (Lipinski definition) is 5. The lowest BCUT2D eigenvalue weighted by atomic mass is 9.78. The smallest absolute Gasteiger partial charge is 0.498 e. The van der Waals surface area contributed by atoms with E-state index in [0.717, 1.165) is 0 Å². The van der Waals surface area contributed by atoms with Gasteiger partial charge in [0.15, 0.2) is 0 Å². The van der Waals surface area contributed by atoms with E-state index >= 15 is 0 Å². The quantitative estimate of drug-likeness (QED) is 0.353. The van der Waals surface area contributed by atoms with Crippen LogP contribution >= 0.6 is 0 Å². The Morgan fingerprint density at radius 1 is 0.857 bits per heavy atom. The third-order valence-electron chi connectivity index (χ3n) is 3.71. The van der Waals surface area contributed by atoms with Crippen LogP contribution in [0.2, 0.25) is 0 Å². The molecule has 0 saturated carbocycles. The van der Waals surface area contributed by atoms with E-state index in [1.807, 2.05) is 0 Å². The minimum absolute atomic E-state index is 0. The van der Waals surface area contributed by atoms with E-state index in [0.29, 0.717) is 0 Å². The zero-order valence-corrected chi connectivity index (χ0v) is 10.8.